The third kappa shape index (κ3) is 4.94. The monoisotopic (exact) mass is 375 g/mol. The summed E-state index contributed by atoms with van der Waals surface area (Å²) in [7, 11) is 0. The molecule has 2 aromatic rings. The van der Waals surface area contributed by atoms with Crippen molar-refractivity contribution >= 4 is 29.4 Å². The first kappa shape index (κ1) is 18.2. The van der Waals surface area contributed by atoms with Crippen LogP contribution in [0.3, 0.4) is 0 Å². The lowest BCUT2D eigenvalue weighted by molar-refractivity contribution is -0.118. The Bertz CT molecular complexity index is 756. The highest BCUT2D eigenvalue weighted by atomic mass is 32.2. The Morgan fingerprint density at radius 2 is 1.96 bits per heavy atom. The van der Waals surface area contributed by atoms with E-state index in [9.17, 15) is 9.59 Å². The Hall–Kier alpha value is -2.62. The quantitative estimate of drug-likeness (QED) is 0.632. The molecule has 1 aliphatic rings. The van der Waals surface area contributed by atoms with Gasteiger partial charge in [0.05, 0.1) is 11.8 Å². The third-order valence-electron chi connectivity index (χ3n) is 4.18. The molecule has 9 nitrogen and oxygen atoms in total. The van der Waals surface area contributed by atoms with Crippen LogP contribution in [0.2, 0.25) is 0 Å². The summed E-state index contributed by atoms with van der Waals surface area (Å²) in [5, 5.41) is 17.9. The Kier molecular flexibility index (Phi) is 6.05. The molecule has 4 N–H and O–H groups in total. The zero-order valence-electron chi connectivity index (χ0n) is 14.2. The number of aromatic nitrogens is 4. The highest BCUT2D eigenvalue weighted by Crippen LogP contribution is 2.31. The minimum absolute atomic E-state index is 0.0877. The van der Waals surface area contributed by atoms with E-state index in [-0.39, 0.29) is 11.7 Å². The first-order valence-corrected chi connectivity index (χ1v) is 9.43. The molecule has 3 rings (SSSR count). The van der Waals surface area contributed by atoms with Gasteiger partial charge in [0.25, 0.3) is 0 Å². The number of benzene rings is 1. The summed E-state index contributed by atoms with van der Waals surface area (Å²) in [4.78, 5) is 22.9. The van der Waals surface area contributed by atoms with E-state index in [1.165, 1.54) is 24.6 Å². The van der Waals surface area contributed by atoms with Crippen LogP contribution >= 0.6 is 11.8 Å². The molecule has 1 aromatic carbocycles. The maximum Gasteiger partial charge on any atom is 0.316 e. The number of primary amides is 1. The molecule has 0 saturated heterocycles. The first-order chi connectivity index (χ1) is 12.6. The number of hydrogen-bond donors (Lipinski definition) is 3. The summed E-state index contributed by atoms with van der Waals surface area (Å²) in [5.41, 5.74) is 6.60. The number of urea groups is 1. The lowest BCUT2D eigenvalue weighted by Gasteiger charge is -2.10. The van der Waals surface area contributed by atoms with Gasteiger partial charge in [0.15, 0.2) is 0 Å². The van der Waals surface area contributed by atoms with E-state index in [4.69, 9.17) is 5.73 Å². The molecule has 1 aliphatic carbocycles. The molecule has 138 valence electrons. The Balaban J connectivity index is 1.45. The fraction of sp³-hybridized carbons (Fsp3) is 0.438. The fourth-order valence-electron chi connectivity index (χ4n) is 2.89. The average molecular weight is 375 g/mol. The molecule has 26 heavy (non-hydrogen) atoms. The second kappa shape index (κ2) is 8.65. The van der Waals surface area contributed by atoms with Gasteiger partial charge in [0, 0.05) is 12.2 Å². The second-order valence-corrected chi connectivity index (χ2v) is 7.04. The van der Waals surface area contributed by atoms with Crippen LogP contribution in [0.1, 0.15) is 37.3 Å². The van der Waals surface area contributed by atoms with E-state index < -0.39 is 6.03 Å². The number of hydrogen-bond acceptors (Lipinski definition) is 6. The average Bonchev–Trinajstić information content (AvgIpc) is 3.30. The van der Waals surface area contributed by atoms with Gasteiger partial charge < -0.3 is 16.4 Å². The summed E-state index contributed by atoms with van der Waals surface area (Å²) in [6, 6.07) is 6.85. The first-order valence-electron chi connectivity index (χ1n) is 8.44. The van der Waals surface area contributed by atoms with Crippen LogP contribution in [0, 0.1) is 0 Å². The van der Waals surface area contributed by atoms with Crippen LogP contribution in [0.5, 0.6) is 0 Å². The molecule has 0 atom stereocenters. The molecule has 0 spiro atoms. The number of nitrogens with one attached hydrogen (secondary N) is 2. The molecule has 0 bridgehead atoms. The van der Waals surface area contributed by atoms with E-state index in [0.717, 1.165) is 18.4 Å². The summed E-state index contributed by atoms with van der Waals surface area (Å²) in [5.74, 6) is 0.171. The van der Waals surface area contributed by atoms with Crippen LogP contribution in [0.4, 0.5) is 10.5 Å². The predicted molar refractivity (Wildman–Crippen MR) is 97.5 cm³/mol. The maximum atomic E-state index is 12.1. The van der Waals surface area contributed by atoms with Gasteiger partial charge in [0.2, 0.25) is 11.1 Å². The third-order valence-corrected chi connectivity index (χ3v) is 5.11. The van der Waals surface area contributed by atoms with Crippen molar-refractivity contribution in [2.45, 2.75) is 43.4 Å². The molecular formula is C16H21N7O2S. The maximum absolute atomic E-state index is 12.1. The lowest BCUT2D eigenvalue weighted by Crippen LogP contribution is -2.25. The van der Waals surface area contributed by atoms with Crippen molar-refractivity contribution in [2.24, 2.45) is 5.73 Å². The summed E-state index contributed by atoms with van der Waals surface area (Å²) < 4.78 is 1.84. The molecule has 1 heterocycles. The number of tetrazole rings is 1. The van der Waals surface area contributed by atoms with Gasteiger partial charge in [-0.25, -0.2) is 9.48 Å². The highest BCUT2D eigenvalue weighted by molar-refractivity contribution is 7.99. The van der Waals surface area contributed by atoms with Gasteiger partial charge in [-0.3, -0.25) is 4.79 Å². The summed E-state index contributed by atoms with van der Waals surface area (Å²) in [6.07, 6.45) is 4.57. The Labute approximate surface area is 155 Å². The molecule has 0 radical (unpaired) electrons. The van der Waals surface area contributed by atoms with Crippen molar-refractivity contribution in [3.05, 3.63) is 29.8 Å². The molecule has 1 aromatic heterocycles. The second-order valence-electron chi connectivity index (χ2n) is 6.10. The minimum Gasteiger partial charge on any atom is -0.351 e. The smallest absolute Gasteiger partial charge is 0.316 e. The minimum atomic E-state index is -0.608. The largest absolute Gasteiger partial charge is 0.351 e. The molecule has 1 saturated carbocycles. The van der Waals surface area contributed by atoms with Crippen LogP contribution in [0.25, 0.3) is 0 Å². The van der Waals surface area contributed by atoms with Gasteiger partial charge in [0.1, 0.15) is 0 Å². The predicted octanol–water partition coefficient (Wildman–Crippen LogP) is 1.69. The van der Waals surface area contributed by atoms with E-state index in [0.29, 0.717) is 23.4 Å². The number of anilines is 1. The van der Waals surface area contributed by atoms with Crippen LogP contribution in [0.15, 0.2) is 29.4 Å². The SMILES string of the molecule is NC(=O)Nc1ccc(CNC(=O)CSc2nnnn2C2CCCC2)cc1. The molecule has 1 fully saturated rings. The number of rotatable bonds is 7. The van der Waals surface area contributed by atoms with Gasteiger partial charge in [-0.05, 0) is 41.0 Å². The van der Waals surface area contributed by atoms with Gasteiger partial charge in [-0.2, -0.15) is 0 Å². The number of amides is 3. The van der Waals surface area contributed by atoms with E-state index in [2.05, 4.69) is 26.2 Å². The van der Waals surface area contributed by atoms with Crippen molar-refractivity contribution in [2.75, 3.05) is 11.1 Å². The standard InChI is InChI=1S/C16H21N7O2S/c17-15(25)19-12-7-5-11(6-8-12)9-18-14(24)10-26-16-20-21-22-23(16)13-3-1-2-4-13/h5-8,13H,1-4,9-10H2,(H,18,24)(H3,17,19,25). The number of nitrogens with two attached hydrogens (primary N) is 1. The van der Waals surface area contributed by atoms with Gasteiger partial charge in [-0.1, -0.05) is 36.7 Å². The highest BCUT2D eigenvalue weighted by Gasteiger charge is 2.22. The number of nitrogens with zero attached hydrogens (tertiary/aromatic N) is 4. The fourth-order valence-corrected chi connectivity index (χ4v) is 3.66. The van der Waals surface area contributed by atoms with Crippen molar-refractivity contribution < 1.29 is 9.59 Å². The van der Waals surface area contributed by atoms with Gasteiger partial charge in [-0.15, -0.1) is 5.10 Å². The van der Waals surface area contributed by atoms with Crippen LogP contribution < -0.4 is 16.4 Å². The Morgan fingerprint density at radius 1 is 1.23 bits per heavy atom. The molecule has 0 unspecified atom stereocenters. The van der Waals surface area contributed by atoms with Crippen LogP contribution in [-0.2, 0) is 11.3 Å². The lowest BCUT2D eigenvalue weighted by atomic mass is 10.2. The molecular weight excluding hydrogens is 354 g/mol. The number of carbonyl (C=O) groups excluding carboxylic acids is 2. The van der Waals surface area contributed by atoms with E-state index >= 15 is 0 Å². The van der Waals surface area contributed by atoms with Crippen molar-refractivity contribution in [1.82, 2.24) is 25.5 Å². The van der Waals surface area contributed by atoms with Gasteiger partial charge >= 0.3 is 6.03 Å². The van der Waals surface area contributed by atoms with Crippen LogP contribution in [-0.4, -0.2) is 37.9 Å². The number of thioether (sulfide) groups is 1. The van der Waals surface area contributed by atoms with E-state index in [1.807, 2.05) is 16.8 Å². The Morgan fingerprint density at radius 3 is 2.65 bits per heavy atom. The van der Waals surface area contributed by atoms with Crippen molar-refractivity contribution in [1.29, 1.82) is 0 Å². The normalized spacial score (nSPS) is 14.3. The van der Waals surface area contributed by atoms with Crippen molar-refractivity contribution in [3.63, 3.8) is 0 Å². The van der Waals surface area contributed by atoms with E-state index in [1.54, 1.807) is 12.1 Å². The zero-order chi connectivity index (χ0) is 18.4. The summed E-state index contributed by atoms with van der Waals surface area (Å²) in [6.45, 7) is 0.407. The summed E-state index contributed by atoms with van der Waals surface area (Å²) >= 11 is 1.35. The number of carbonyl (C=O) groups is 2. The topological polar surface area (TPSA) is 128 Å². The van der Waals surface area contributed by atoms with Crippen molar-refractivity contribution in [3.8, 4) is 0 Å². The molecule has 10 heteroatoms. The molecule has 3 amide bonds. The molecule has 0 aliphatic heterocycles. The zero-order valence-corrected chi connectivity index (χ0v) is 15.0.